The van der Waals surface area contributed by atoms with Crippen LogP contribution < -0.4 is 0 Å². The zero-order chi connectivity index (χ0) is 15.6. The van der Waals surface area contributed by atoms with Crippen molar-refractivity contribution < 1.29 is 14.3 Å². The smallest absolute Gasteiger partial charge is 0.307 e. The predicted molar refractivity (Wildman–Crippen MR) is 77.9 cm³/mol. The van der Waals surface area contributed by atoms with Crippen molar-refractivity contribution in [1.29, 1.82) is 0 Å². The minimum absolute atomic E-state index is 0.244. The maximum absolute atomic E-state index is 13.2. The van der Waals surface area contributed by atoms with Crippen LogP contribution in [0, 0.1) is 18.7 Å². The Morgan fingerprint density at radius 1 is 1.48 bits per heavy atom. The van der Waals surface area contributed by atoms with Gasteiger partial charge in [0, 0.05) is 13.5 Å². The van der Waals surface area contributed by atoms with Crippen molar-refractivity contribution in [1.82, 2.24) is 9.78 Å². The second kappa shape index (κ2) is 6.26. The molecule has 0 spiro atoms. The van der Waals surface area contributed by atoms with Crippen LogP contribution in [0.4, 0.5) is 4.39 Å². The van der Waals surface area contributed by atoms with E-state index in [0.29, 0.717) is 22.0 Å². The zero-order valence-corrected chi connectivity index (χ0v) is 12.6. The van der Waals surface area contributed by atoms with Crippen molar-refractivity contribution in [2.75, 3.05) is 0 Å². The molecule has 21 heavy (non-hydrogen) atoms. The SMILES string of the molecule is Cc1nn(C)c(CC(Cc2cccc(F)c2)C(=O)O)c1Cl. The number of aliphatic carboxylic acids is 1. The van der Waals surface area contributed by atoms with E-state index in [2.05, 4.69) is 5.10 Å². The molecule has 1 N–H and O–H groups in total. The van der Waals surface area contributed by atoms with Crippen LogP contribution in [0.15, 0.2) is 24.3 Å². The highest BCUT2D eigenvalue weighted by Crippen LogP contribution is 2.24. The summed E-state index contributed by atoms with van der Waals surface area (Å²) in [6.07, 6.45) is 0.496. The Kier molecular flexibility index (Phi) is 4.63. The largest absolute Gasteiger partial charge is 0.481 e. The maximum atomic E-state index is 13.2. The third-order valence-corrected chi connectivity index (χ3v) is 3.91. The third kappa shape index (κ3) is 3.61. The van der Waals surface area contributed by atoms with E-state index in [1.165, 1.54) is 12.1 Å². The van der Waals surface area contributed by atoms with Gasteiger partial charge in [0.2, 0.25) is 0 Å². The van der Waals surface area contributed by atoms with Gasteiger partial charge >= 0.3 is 5.97 Å². The number of aryl methyl sites for hydroxylation is 2. The number of hydrogen-bond donors (Lipinski definition) is 1. The fourth-order valence-corrected chi connectivity index (χ4v) is 2.57. The van der Waals surface area contributed by atoms with Crippen LogP contribution >= 0.6 is 11.6 Å². The van der Waals surface area contributed by atoms with E-state index >= 15 is 0 Å². The summed E-state index contributed by atoms with van der Waals surface area (Å²) < 4.78 is 14.8. The molecular formula is C15H16ClFN2O2. The molecule has 0 saturated carbocycles. The summed E-state index contributed by atoms with van der Waals surface area (Å²) in [4.78, 5) is 11.5. The van der Waals surface area contributed by atoms with Crippen molar-refractivity contribution in [2.24, 2.45) is 13.0 Å². The minimum atomic E-state index is -0.936. The number of halogens is 2. The molecule has 0 aliphatic heterocycles. The first-order valence-electron chi connectivity index (χ1n) is 6.53. The van der Waals surface area contributed by atoms with Crippen LogP contribution in [-0.4, -0.2) is 20.9 Å². The van der Waals surface area contributed by atoms with Gasteiger partial charge in [-0.25, -0.2) is 4.39 Å². The number of carboxylic acid groups (broad SMARTS) is 1. The van der Waals surface area contributed by atoms with E-state index in [0.717, 1.165) is 0 Å². The average molecular weight is 311 g/mol. The van der Waals surface area contributed by atoms with Gasteiger partial charge in [-0.15, -0.1) is 0 Å². The van der Waals surface area contributed by atoms with Crippen LogP contribution in [0.2, 0.25) is 5.02 Å². The molecule has 1 unspecified atom stereocenters. The Hall–Kier alpha value is -1.88. The van der Waals surface area contributed by atoms with Gasteiger partial charge in [-0.3, -0.25) is 9.48 Å². The monoisotopic (exact) mass is 310 g/mol. The predicted octanol–water partition coefficient (Wildman–Crippen LogP) is 3.01. The number of rotatable bonds is 5. The Morgan fingerprint density at radius 3 is 2.71 bits per heavy atom. The Morgan fingerprint density at radius 2 is 2.19 bits per heavy atom. The molecule has 2 rings (SSSR count). The normalized spacial score (nSPS) is 12.4. The molecule has 0 radical (unpaired) electrons. The van der Waals surface area contributed by atoms with Crippen LogP contribution in [0.25, 0.3) is 0 Å². The summed E-state index contributed by atoms with van der Waals surface area (Å²) in [7, 11) is 1.73. The van der Waals surface area contributed by atoms with E-state index in [-0.39, 0.29) is 18.7 Å². The summed E-state index contributed by atoms with van der Waals surface area (Å²) in [5.41, 5.74) is 2.00. The van der Waals surface area contributed by atoms with Crippen LogP contribution in [0.3, 0.4) is 0 Å². The molecule has 0 saturated heterocycles. The topological polar surface area (TPSA) is 55.1 Å². The number of carbonyl (C=O) groups is 1. The summed E-state index contributed by atoms with van der Waals surface area (Å²) in [5, 5.41) is 14.1. The van der Waals surface area contributed by atoms with Gasteiger partial charge in [0.15, 0.2) is 0 Å². The standard InChI is InChI=1S/C15H16ClFN2O2/c1-9-14(16)13(19(2)18-9)8-11(15(20)21)6-10-4-3-5-12(17)7-10/h3-5,7,11H,6,8H2,1-2H3,(H,20,21). The molecule has 1 atom stereocenters. The van der Waals surface area contributed by atoms with Crippen molar-refractivity contribution in [3.05, 3.63) is 52.1 Å². The first-order valence-corrected chi connectivity index (χ1v) is 6.91. The lowest BCUT2D eigenvalue weighted by atomic mass is 9.94. The van der Waals surface area contributed by atoms with Crippen molar-refractivity contribution in [3.8, 4) is 0 Å². The highest BCUT2D eigenvalue weighted by Gasteiger charge is 2.23. The highest BCUT2D eigenvalue weighted by atomic mass is 35.5. The van der Waals surface area contributed by atoms with Gasteiger partial charge in [-0.05, 0) is 31.0 Å². The fraction of sp³-hybridized carbons (Fsp3) is 0.333. The first-order chi connectivity index (χ1) is 9.88. The number of nitrogens with zero attached hydrogens (tertiary/aromatic N) is 2. The van der Waals surface area contributed by atoms with E-state index in [1.807, 2.05) is 0 Å². The Labute approximate surface area is 127 Å². The maximum Gasteiger partial charge on any atom is 0.307 e. The fourth-order valence-electron chi connectivity index (χ4n) is 2.33. The molecule has 4 nitrogen and oxygen atoms in total. The number of aromatic nitrogens is 2. The molecule has 1 aromatic carbocycles. The van der Waals surface area contributed by atoms with Gasteiger partial charge in [-0.1, -0.05) is 23.7 Å². The van der Waals surface area contributed by atoms with E-state index < -0.39 is 11.9 Å². The third-order valence-electron chi connectivity index (χ3n) is 3.42. The van der Waals surface area contributed by atoms with Crippen LogP contribution in [0.1, 0.15) is 17.0 Å². The molecule has 2 aromatic rings. The van der Waals surface area contributed by atoms with Gasteiger partial charge in [-0.2, -0.15) is 5.10 Å². The quantitative estimate of drug-likeness (QED) is 0.923. The second-order valence-corrected chi connectivity index (χ2v) is 5.42. The van der Waals surface area contributed by atoms with E-state index in [1.54, 1.807) is 30.8 Å². The average Bonchev–Trinajstić information content (AvgIpc) is 2.64. The van der Waals surface area contributed by atoms with Crippen LogP contribution in [-0.2, 0) is 24.7 Å². The van der Waals surface area contributed by atoms with Crippen LogP contribution in [0.5, 0.6) is 0 Å². The first kappa shape index (κ1) is 15.5. The molecule has 1 heterocycles. The summed E-state index contributed by atoms with van der Waals surface area (Å²) >= 11 is 6.15. The molecule has 1 aromatic heterocycles. The lowest BCUT2D eigenvalue weighted by molar-refractivity contribution is -0.141. The van der Waals surface area contributed by atoms with E-state index in [9.17, 15) is 14.3 Å². The Balaban J connectivity index is 2.22. The lowest BCUT2D eigenvalue weighted by Gasteiger charge is -2.13. The van der Waals surface area contributed by atoms with Gasteiger partial charge in [0.1, 0.15) is 5.82 Å². The number of hydrogen-bond acceptors (Lipinski definition) is 2. The lowest BCUT2D eigenvalue weighted by Crippen LogP contribution is -2.20. The summed E-state index contributed by atoms with van der Waals surface area (Å²) in [5.74, 6) is -1.99. The summed E-state index contributed by atoms with van der Waals surface area (Å²) in [6.45, 7) is 1.77. The van der Waals surface area contributed by atoms with Gasteiger partial charge in [0.05, 0.1) is 22.3 Å². The minimum Gasteiger partial charge on any atom is -0.481 e. The molecule has 0 bridgehead atoms. The molecular weight excluding hydrogens is 295 g/mol. The molecule has 0 aliphatic rings. The number of carboxylic acids is 1. The molecule has 0 amide bonds. The van der Waals surface area contributed by atoms with E-state index in [4.69, 9.17) is 11.6 Å². The number of benzene rings is 1. The van der Waals surface area contributed by atoms with Crippen molar-refractivity contribution in [3.63, 3.8) is 0 Å². The van der Waals surface area contributed by atoms with Crippen molar-refractivity contribution in [2.45, 2.75) is 19.8 Å². The summed E-state index contributed by atoms with van der Waals surface area (Å²) in [6, 6.07) is 5.98. The molecule has 0 fully saturated rings. The highest BCUT2D eigenvalue weighted by molar-refractivity contribution is 6.31. The van der Waals surface area contributed by atoms with Gasteiger partial charge < -0.3 is 5.11 Å². The van der Waals surface area contributed by atoms with Gasteiger partial charge in [0.25, 0.3) is 0 Å². The zero-order valence-electron chi connectivity index (χ0n) is 11.8. The molecule has 6 heteroatoms. The second-order valence-electron chi connectivity index (χ2n) is 5.04. The molecule has 0 aliphatic carbocycles. The van der Waals surface area contributed by atoms with Crippen molar-refractivity contribution >= 4 is 17.6 Å². The molecule has 112 valence electrons. The Bertz CT molecular complexity index is 670.